The second kappa shape index (κ2) is 4.30. The number of hydrogen-bond acceptors (Lipinski definition) is 3. The topological polar surface area (TPSA) is 49.4 Å². The summed E-state index contributed by atoms with van der Waals surface area (Å²) in [4.78, 5) is 23.6. The van der Waals surface area contributed by atoms with E-state index in [1.54, 1.807) is 4.90 Å². The van der Waals surface area contributed by atoms with Crippen molar-refractivity contribution in [3.05, 3.63) is 29.6 Å². The van der Waals surface area contributed by atoms with Gasteiger partial charge in [0.15, 0.2) is 6.29 Å². The van der Waals surface area contributed by atoms with Gasteiger partial charge in [0, 0.05) is 18.7 Å². The van der Waals surface area contributed by atoms with Gasteiger partial charge in [-0.25, -0.2) is 4.39 Å². The van der Waals surface area contributed by atoms with Crippen molar-refractivity contribution in [3.63, 3.8) is 0 Å². The molecule has 5 heteroatoms. The Labute approximate surface area is 92.0 Å². The zero-order chi connectivity index (χ0) is 11.5. The summed E-state index contributed by atoms with van der Waals surface area (Å²) >= 11 is 0. The number of aldehydes is 1. The number of carbonyl (C=O) groups is 2. The lowest BCUT2D eigenvalue weighted by atomic mass is 10.1. The van der Waals surface area contributed by atoms with Gasteiger partial charge in [0.05, 0.1) is 12.2 Å². The molecule has 1 heterocycles. The summed E-state index contributed by atoms with van der Waals surface area (Å²) in [5, 5.41) is 2.65. The molecule has 0 aliphatic carbocycles. The van der Waals surface area contributed by atoms with Gasteiger partial charge in [-0.05, 0) is 12.1 Å². The third-order valence-corrected chi connectivity index (χ3v) is 2.50. The second-order valence-corrected chi connectivity index (χ2v) is 3.57. The molecule has 1 aliphatic rings. The molecule has 0 spiro atoms. The van der Waals surface area contributed by atoms with Crippen LogP contribution in [0.5, 0.6) is 0 Å². The number of nitrogens with zero attached hydrogens (tertiary/aromatic N) is 1. The highest BCUT2D eigenvalue weighted by atomic mass is 19.1. The number of halogens is 1. The van der Waals surface area contributed by atoms with Crippen LogP contribution in [0.2, 0.25) is 0 Å². The number of hydrogen-bond donors (Lipinski definition) is 1. The molecule has 0 atom stereocenters. The van der Waals surface area contributed by atoms with Crippen LogP contribution in [0.25, 0.3) is 0 Å². The second-order valence-electron chi connectivity index (χ2n) is 3.57. The molecule has 2 rings (SSSR count). The Hall–Kier alpha value is -1.91. The van der Waals surface area contributed by atoms with E-state index in [-0.39, 0.29) is 23.7 Å². The van der Waals surface area contributed by atoms with Gasteiger partial charge >= 0.3 is 0 Å². The van der Waals surface area contributed by atoms with Gasteiger partial charge in [-0.1, -0.05) is 6.07 Å². The summed E-state index contributed by atoms with van der Waals surface area (Å²) in [5.74, 6) is -0.634. The molecule has 0 bridgehead atoms. The van der Waals surface area contributed by atoms with Crippen molar-refractivity contribution in [1.82, 2.24) is 5.32 Å². The maximum Gasteiger partial charge on any atom is 0.239 e. The first-order chi connectivity index (χ1) is 7.72. The average molecular weight is 222 g/mol. The summed E-state index contributed by atoms with van der Waals surface area (Å²) in [6.07, 6.45) is 0.602. The number of amides is 1. The number of para-hydroxylation sites is 1. The summed E-state index contributed by atoms with van der Waals surface area (Å²) < 4.78 is 13.6. The van der Waals surface area contributed by atoms with Crippen LogP contribution in [0.15, 0.2) is 18.2 Å². The Kier molecular flexibility index (Phi) is 2.85. The van der Waals surface area contributed by atoms with E-state index in [1.807, 2.05) is 0 Å². The molecule has 1 saturated heterocycles. The molecular formula is C11H11FN2O2. The van der Waals surface area contributed by atoms with Crippen molar-refractivity contribution in [2.75, 3.05) is 24.5 Å². The van der Waals surface area contributed by atoms with Crippen LogP contribution in [-0.2, 0) is 4.79 Å². The minimum absolute atomic E-state index is 0.0851. The first-order valence-corrected chi connectivity index (χ1v) is 4.97. The van der Waals surface area contributed by atoms with Gasteiger partial charge in [-0.15, -0.1) is 0 Å². The van der Waals surface area contributed by atoms with E-state index < -0.39 is 5.82 Å². The van der Waals surface area contributed by atoms with Crippen LogP contribution in [0.4, 0.5) is 10.1 Å². The first-order valence-electron chi connectivity index (χ1n) is 4.97. The minimum atomic E-state index is -0.473. The van der Waals surface area contributed by atoms with Gasteiger partial charge in [-0.3, -0.25) is 9.59 Å². The summed E-state index contributed by atoms with van der Waals surface area (Å²) in [5.41, 5.74) is 0.488. The maximum atomic E-state index is 13.6. The molecule has 0 unspecified atom stereocenters. The number of benzene rings is 1. The standard InChI is InChI=1S/C11H11FN2O2/c12-9-3-1-2-8(7-15)11(9)14-5-4-13-10(16)6-14/h1-3,7H,4-6H2,(H,13,16). The molecule has 1 amide bonds. The number of anilines is 1. The molecular weight excluding hydrogens is 211 g/mol. The molecule has 16 heavy (non-hydrogen) atoms. The Balaban J connectivity index is 2.38. The van der Waals surface area contributed by atoms with E-state index in [9.17, 15) is 14.0 Å². The van der Waals surface area contributed by atoms with Gasteiger partial charge in [0.25, 0.3) is 0 Å². The highest BCUT2D eigenvalue weighted by Crippen LogP contribution is 2.23. The molecule has 1 aromatic carbocycles. The molecule has 1 aromatic rings. The van der Waals surface area contributed by atoms with E-state index >= 15 is 0 Å². The molecule has 1 aliphatic heterocycles. The van der Waals surface area contributed by atoms with Crippen molar-refractivity contribution in [2.45, 2.75) is 0 Å². The Morgan fingerprint density at radius 3 is 2.94 bits per heavy atom. The van der Waals surface area contributed by atoms with Gasteiger partial charge < -0.3 is 10.2 Å². The molecule has 0 aromatic heterocycles. The normalized spacial score (nSPS) is 15.8. The molecule has 4 nitrogen and oxygen atoms in total. The Bertz CT molecular complexity index is 434. The minimum Gasteiger partial charge on any atom is -0.358 e. The Morgan fingerprint density at radius 1 is 1.44 bits per heavy atom. The fraction of sp³-hybridized carbons (Fsp3) is 0.273. The van der Waals surface area contributed by atoms with Crippen LogP contribution in [0.1, 0.15) is 10.4 Å². The lowest BCUT2D eigenvalue weighted by Gasteiger charge is -2.29. The summed E-state index contributed by atoms with van der Waals surface area (Å²) in [7, 11) is 0. The van der Waals surface area contributed by atoms with Crippen LogP contribution in [-0.4, -0.2) is 31.8 Å². The van der Waals surface area contributed by atoms with E-state index in [4.69, 9.17) is 0 Å². The van der Waals surface area contributed by atoms with Crippen molar-refractivity contribution >= 4 is 17.9 Å². The van der Waals surface area contributed by atoms with E-state index in [1.165, 1.54) is 18.2 Å². The van der Waals surface area contributed by atoms with Gasteiger partial charge in [-0.2, -0.15) is 0 Å². The number of piperazine rings is 1. The van der Waals surface area contributed by atoms with Crippen molar-refractivity contribution in [1.29, 1.82) is 0 Å². The predicted molar refractivity (Wildman–Crippen MR) is 57.0 cm³/mol. The molecule has 1 fully saturated rings. The lowest BCUT2D eigenvalue weighted by Crippen LogP contribution is -2.48. The monoisotopic (exact) mass is 222 g/mol. The maximum absolute atomic E-state index is 13.6. The summed E-state index contributed by atoms with van der Waals surface area (Å²) in [6.45, 7) is 1.06. The SMILES string of the molecule is O=Cc1cccc(F)c1N1CCNC(=O)C1. The van der Waals surface area contributed by atoms with E-state index in [2.05, 4.69) is 5.32 Å². The van der Waals surface area contributed by atoms with Crippen LogP contribution in [0.3, 0.4) is 0 Å². The third-order valence-electron chi connectivity index (χ3n) is 2.50. The quantitative estimate of drug-likeness (QED) is 0.744. The van der Waals surface area contributed by atoms with Crippen LogP contribution in [0, 0.1) is 5.82 Å². The summed E-state index contributed by atoms with van der Waals surface area (Å²) in [6, 6.07) is 4.30. The van der Waals surface area contributed by atoms with E-state index in [0.29, 0.717) is 19.4 Å². The zero-order valence-corrected chi connectivity index (χ0v) is 8.57. The van der Waals surface area contributed by atoms with Gasteiger partial charge in [0.1, 0.15) is 5.82 Å². The highest BCUT2D eigenvalue weighted by Gasteiger charge is 2.21. The average Bonchev–Trinajstić information content (AvgIpc) is 2.28. The Morgan fingerprint density at radius 2 is 2.25 bits per heavy atom. The lowest BCUT2D eigenvalue weighted by molar-refractivity contribution is -0.120. The zero-order valence-electron chi connectivity index (χ0n) is 8.57. The molecule has 0 radical (unpaired) electrons. The first kappa shape index (κ1) is 10.6. The highest BCUT2D eigenvalue weighted by molar-refractivity contribution is 5.88. The van der Waals surface area contributed by atoms with Crippen molar-refractivity contribution in [2.24, 2.45) is 0 Å². The molecule has 1 N–H and O–H groups in total. The number of rotatable bonds is 2. The smallest absolute Gasteiger partial charge is 0.239 e. The van der Waals surface area contributed by atoms with Gasteiger partial charge in [0.2, 0.25) is 5.91 Å². The largest absolute Gasteiger partial charge is 0.358 e. The van der Waals surface area contributed by atoms with Crippen molar-refractivity contribution < 1.29 is 14.0 Å². The fourth-order valence-electron chi connectivity index (χ4n) is 1.79. The number of nitrogens with one attached hydrogen (secondary N) is 1. The third kappa shape index (κ3) is 1.88. The molecule has 0 saturated carbocycles. The molecule has 84 valence electrons. The van der Waals surface area contributed by atoms with Crippen LogP contribution < -0.4 is 10.2 Å². The predicted octanol–water partition coefficient (Wildman–Crippen LogP) is 0.574. The van der Waals surface area contributed by atoms with Crippen molar-refractivity contribution in [3.8, 4) is 0 Å². The van der Waals surface area contributed by atoms with E-state index in [0.717, 1.165) is 0 Å². The van der Waals surface area contributed by atoms with Crippen LogP contribution >= 0.6 is 0 Å². The number of carbonyl (C=O) groups excluding carboxylic acids is 2. The fourth-order valence-corrected chi connectivity index (χ4v) is 1.79.